The lowest BCUT2D eigenvalue weighted by molar-refractivity contribution is 0.188. The average Bonchev–Trinajstić information content (AvgIpc) is 2.99. The van der Waals surface area contributed by atoms with Crippen LogP contribution in [0.25, 0.3) is 0 Å². The first-order chi connectivity index (χ1) is 10.7. The standard InChI is InChI=1S/C16H18N4O2/c1-12-5-2-3-6-14(12)18-16(21)20-10-8-13(11-20)22-15-7-4-9-17-19-15/h2-7,9,13H,8,10-11H2,1H3,(H,18,21). The summed E-state index contributed by atoms with van der Waals surface area (Å²) in [5.41, 5.74) is 1.88. The van der Waals surface area contributed by atoms with E-state index < -0.39 is 0 Å². The van der Waals surface area contributed by atoms with Gasteiger partial charge in [0.25, 0.3) is 0 Å². The maximum Gasteiger partial charge on any atom is 0.321 e. The Morgan fingerprint density at radius 1 is 1.32 bits per heavy atom. The van der Waals surface area contributed by atoms with Crippen molar-refractivity contribution in [1.82, 2.24) is 15.1 Å². The number of benzene rings is 1. The number of hydrogen-bond donors (Lipinski definition) is 1. The van der Waals surface area contributed by atoms with Crippen LogP contribution in [0.15, 0.2) is 42.6 Å². The lowest BCUT2D eigenvalue weighted by atomic mass is 10.2. The number of carbonyl (C=O) groups is 1. The molecule has 0 spiro atoms. The zero-order valence-corrected chi connectivity index (χ0v) is 12.4. The molecule has 0 radical (unpaired) electrons. The van der Waals surface area contributed by atoms with Crippen LogP contribution < -0.4 is 10.1 Å². The van der Waals surface area contributed by atoms with Crippen molar-refractivity contribution in [3.8, 4) is 5.88 Å². The fourth-order valence-corrected chi connectivity index (χ4v) is 2.44. The van der Waals surface area contributed by atoms with Crippen molar-refractivity contribution in [3.05, 3.63) is 48.2 Å². The molecule has 3 rings (SSSR count). The number of amides is 2. The Morgan fingerprint density at radius 3 is 2.95 bits per heavy atom. The van der Waals surface area contributed by atoms with Crippen molar-refractivity contribution in [2.45, 2.75) is 19.4 Å². The number of para-hydroxylation sites is 1. The van der Waals surface area contributed by atoms with E-state index in [0.29, 0.717) is 19.0 Å². The molecule has 1 fully saturated rings. The van der Waals surface area contributed by atoms with Crippen molar-refractivity contribution < 1.29 is 9.53 Å². The molecule has 1 aliphatic heterocycles. The summed E-state index contributed by atoms with van der Waals surface area (Å²) in [7, 11) is 0. The van der Waals surface area contributed by atoms with Gasteiger partial charge in [0.1, 0.15) is 6.10 Å². The van der Waals surface area contributed by atoms with Crippen molar-refractivity contribution in [3.63, 3.8) is 0 Å². The number of rotatable bonds is 3. The summed E-state index contributed by atoms with van der Waals surface area (Å²) in [4.78, 5) is 14.1. The Hall–Kier alpha value is -2.63. The van der Waals surface area contributed by atoms with Crippen LogP contribution in [0.4, 0.5) is 10.5 Å². The van der Waals surface area contributed by atoms with Crippen LogP contribution in [0.3, 0.4) is 0 Å². The van der Waals surface area contributed by atoms with E-state index in [-0.39, 0.29) is 12.1 Å². The number of ether oxygens (including phenoxy) is 1. The second kappa shape index (κ2) is 6.43. The third-order valence-corrected chi connectivity index (χ3v) is 3.65. The highest BCUT2D eigenvalue weighted by molar-refractivity contribution is 5.90. The van der Waals surface area contributed by atoms with Crippen LogP contribution in [-0.2, 0) is 0 Å². The first-order valence-electron chi connectivity index (χ1n) is 7.28. The van der Waals surface area contributed by atoms with Gasteiger partial charge in [-0.05, 0) is 24.6 Å². The minimum absolute atomic E-state index is 0.0423. The Labute approximate surface area is 129 Å². The van der Waals surface area contributed by atoms with Gasteiger partial charge in [0.2, 0.25) is 5.88 Å². The lowest BCUT2D eigenvalue weighted by Gasteiger charge is -2.18. The summed E-state index contributed by atoms with van der Waals surface area (Å²) in [6.45, 7) is 3.19. The lowest BCUT2D eigenvalue weighted by Crippen LogP contribution is -2.34. The van der Waals surface area contributed by atoms with Crippen LogP contribution >= 0.6 is 0 Å². The number of anilines is 1. The molecule has 1 saturated heterocycles. The van der Waals surface area contributed by atoms with Gasteiger partial charge in [-0.25, -0.2) is 4.79 Å². The summed E-state index contributed by atoms with van der Waals surface area (Å²) in [5.74, 6) is 0.494. The van der Waals surface area contributed by atoms with E-state index in [4.69, 9.17) is 4.74 Å². The average molecular weight is 298 g/mol. The van der Waals surface area contributed by atoms with Crippen LogP contribution in [0, 0.1) is 6.92 Å². The molecule has 0 saturated carbocycles. The zero-order chi connectivity index (χ0) is 15.4. The molecule has 1 N–H and O–H groups in total. The number of aryl methyl sites for hydroxylation is 1. The number of carbonyl (C=O) groups excluding carboxylic acids is 1. The van der Waals surface area contributed by atoms with Gasteiger partial charge >= 0.3 is 6.03 Å². The van der Waals surface area contributed by atoms with E-state index in [1.54, 1.807) is 23.2 Å². The smallest absolute Gasteiger partial charge is 0.321 e. The van der Waals surface area contributed by atoms with E-state index in [2.05, 4.69) is 15.5 Å². The van der Waals surface area contributed by atoms with Gasteiger partial charge in [0.15, 0.2) is 0 Å². The topological polar surface area (TPSA) is 67.4 Å². The third kappa shape index (κ3) is 3.33. The molecule has 1 aromatic heterocycles. The predicted octanol–water partition coefficient (Wildman–Crippen LogP) is 2.47. The fraction of sp³-hybridized carbons (Fsp3) is 0.312. The predicted molar refractivity (Wildman–Crippen MR) is 82.8 cm³/mol. The highest BCUT2D eigenvalue weighted by atomic mass is 16.5. The van der Waals surface area contributed by atoms with E-state index in [1.165, 1.54) is 0 Å². The van der Waals surface area contributed by atoms with Gasteiger partial charge in [0, 0.05) is 30.9 Å². The number of urea groups is 1. The molecule has 2 amide bonds. The summed E-state index contributed by atoms with van der Waals surface area (Å²) in [5, 5.41) is 10.6. The minimum Gasteiger partial charge on any atom is -0.471 e. The Balaban J connectivity index is 1.56. The summed E-state index contributed by atoms with van der Waals surface area (Å²) < 4.78 is 5.73. The van der Waals surface area contributed by atoms with E-state index in [9.17, 15) is 4.79 Å². The monoisotopic (exact) mass is 298 g/mol. The summed E-state index contributed by atoms with van der Waals surface area (Å²) in [6, 6.07) is 11.2. The van der Waals surface area contributed by atoms with E-state index in [0.717, 1.165) is 17.7 Å². The maximum absolute atomic E-state index is 12.3. The quantitative estimate of drug-likeness (QED) is 0.945. The molecule has 114 valence electrons. The Morgan fingerprint density at radius 2 is 2.18 bits per heavy atom. The van der Waals surface area contributed by atoms with Gasteiger partial charge in [-0.1, -0.05) is 18.2 Å². The third-order valence-electron chi connectivity index (χ3n) is 3.65. The second-order valence-electron chi connectivity index (χ2n) is 5.28. The Kier molecular flexibility index (Phi) is 4.18. The molecule has 6 heteroatoms. The van der Waals surface area contributed by atoms with Gasteiger partial charge < -0.3 is 15.0 Å². The Bertz CT molecular complexity index is 648. The van der Waals surface area contributed by atoms with Gasteiger partial charge in [-0.2, -0.15) is 5.10 Å². The SMILES string of the molecule is Cc1ccccc1NC(=O)N1CCC(Oc2cccnn2)C1. The van der Waals surface area contributed by atoms with Gasteiger partial charge in [0.05, 0.1) is 6.54 Å². The van der Waals surface area contributed by atoms with E-state index >= 15 is 0 Å². The van der Waals surface area contributed by atoms with E-state index in [1.807, 2.05) is 31.2 Å². The molecule has 1 aliphatic rings. The maximum atomic E-state index is 12.3. The minimum atomic E-state index is -0.0976. The van der Waals surface area contributed by atoms with Crippen molar-refractivity contribution >= 4 is 11.7 Å². The number of hydrogen-bond acceptors (Lipinski definition) is 4. The molecule has 2 heterocycles. The number of aromatic nitrogens is 2. The van der Waals surface area contributed by atoms with Gasteiger partial charge in [-0.3, -0.25) is 0 Å². The molecule has 1 unspecified atom stereocenters. The largest absolute Gasteiger partial charge is 0.471 e. The van der Waals surface area contributed by atoms with Crippen molar-refractivity contribution in [1.29, 1.82) is 0 Å². The van der Waals surface area contributed by atoms with Crippen LogP contribution in [0.2, 0.25) is 0 Å². The molecule has 22 heavy (non-hydrogen) atoms. The molecular weight excluding hydrogens is 280 g/mol. The first-order valence-corrected chi connectivity index (χ1v) is 7.28. The van der Waals surface area contributed by atoms with Gasteiger partial charge in [-0.15, -0.1) is 5.10 Å². The molecular formula is C16H18N4O2. The molecule has 1 aromatic carbocycles. The second-order valence-corrected chi connectivity index (χ2v) is 5.28. The molecule has 0 bridgehead atoms. The molecule has 6 nitrogen and oxygen atoms in total. The zero-order valence-electron chi connectivity index (χ0n) is 12.4. The number of nitrogens with zero attached hydrogens (tertiary/aromatic N) is 3. The highest BCUT2D eigenvalue weighted by Crippen LogP contribution is 2.18. The van der Waals surface area contributed by atoms with Crippen molar-refractivity contribution in [2.24, 2.45) is 0 Å². The molecule has 2 aromatic rings. The van der Waals surface area contributed by atoms with Crippen LogP contribution in [-0.4, -0.2) is 40.3 Å². The number of likely N-dealkylation sites (tertiary alicyclic amines) is 1. The fourth-order valence-electron chi connectivity index (χ4n) is 2.44. The number of nitrogens with one attached hydrogen (secondary N) is 1. The van der Waals surface area contributed by atoms with Crippen LogP contribution in [0.1, 0.15) is 12.0 Å². The highest BCUT2D eigenvalue weighted by Gasteiger charge is 2.28. The van der Waals surface area contributed by atoms with Crippen molar-refractivity contribution in [2.75, 3.05) is 18.4 Å². The molecule has 0 aliphatic carbocycles. The summed E-state index contributed by atoms with van der Waals surface area (Å²) in [6.07, 6.45) is 2.35. The normalized spacial score (nSPS) is 17.3. The molecule has 1 atom stereocenters. The first kappa shape index (κ1) is 14.3. The summed E-state index contributed by atoms with van der Waals surface area (Å²) >= 11 is 0. The van der Waals surface area contributed by atoms with Crippen LogP contribution in [0.5, 0.6) is 5.88 Å².